The van der Waals surface area contributed by atoms with Crippen molar-refractivity contribution in [2.45, 2.75) is 31.1 Å². The number of benzene rings is 1. The number of hydrogen-bond acceptors (Lipinski definition) is 9. The zero-order valence-electron chi connectivity index (χ0n) is 14.3. The zero-order valence-corrected chi connectivity index (χ0v) is 14.3. The van der Waals surface area contributed by atoms with Gasteiger partial charge in [-0.2, -0.15) is 0 Å². The number of nitrogens with zero attached hydrogens (tertiary/aromatic N) is 4. The van der Waals surface area contributed by atoms with Gasteiger partial charge in [0.1, 0.15) is 24.6 Å². The highest BCUT2D eigenvalue weighted by atomic mass is 16.6. The predicted molar refractivity (Wildman–Crippen MR) is 96.5 cm³/mol. The van der Waals surface area contributed by atoms with Crippen molar-refractivity contribution >= 4 is 22.7 Å². The molecule has 1 aliphatic heterocycles. The van der Waals surface area contributed by atoms with Gasteiger partial charge in [-0.25, -0.2) is 15.0 Å². The summed E-state index contributed by atoms with van der Waals surface area (Å²) in [4.78, 5) is 12.8. The van der Waals surface area contributed by atoms with E-state index in [2.05, 4.69) is 20.3 Å². The molecule has 0 saturated carbocycles. The Labute approximate surface area is 154 Å². The highest BCUT2D eigenvalue weighted by Gasteiger charge is 2.44. The van der Waals surface area contributed by atoms with E-state index in [0.29, 0.717) is 29.2 Å². The molecule has 1 saturated heterocycles. The molecule has 0 spiro atoms. The van der Waals surface area contributed by atoms with Crippen molar-refractivity contribution in [2.24, 2.45) is 0 Å². The van der Waals surface area contributed by atoms with Crippen LogP contribution in [0.25, 0.3) is 11.2 Å². The number of nitrogens with one attached hydrogen (secondary N) is 1. The molecule has 1 aliphatic rings. The topological polar surface area (TPSA) is 152 Å². The quantitative estimate of drug-likeness (QED) is 0.378. The largest absolute Gasteiger partial charge is 0.398 e. The van der Waals surface area contributed by atoms with Gasteiger partial charge in [0.2, 0.25) is 0 Å². The highest BCUT2D eigenvalue weighted by molar-refractivity contribution is 5.82. The number of aliphatic hydroxyl groups is 3. The van der Waals surface area contributed by atoms with Gasteiger partial charge in [-0.1, -0.05) is 18.2 Å². The second-order valence-electron chi connectivity index (χ2n) is 6.33. The minimum Gasteiger partial charge on any atom is -0.398 e. The van der Waals surface area contributed by atoms with E-state index in [1.165, 1.54) is 17.2 Å². The molecule has 1 fully saturated rings. The maximum Gasteiger partial charge on any atom is 0.167 e. The lowest BCUT2D eigenvalue weighted by molar-refractivity contribution is -0.0511. The van der Waals surface area contributed by atoms with Crippen molar-refractivity contribution < 1.29 is 20.1 Å². The zero-order chi connectivity index (χ0) is 19.0. The summed E-state index contributed by atoms with van der Waals surface area (Å²) in [5.41, 5.74) is 8.48. The van der Waals surface area contributed by atoms with E-state index in [1.807, 2.05) is 24.3 Å². The normalized spacial score (nSPS) is 25.1. The van der Waals surface area contributed by atoms with Gasteiger partial charge in [0.25, 0.3) is 0 Å². The number of hydrogen-bond donors (Lipinski definition) is 5. The summed E-state index contributed by atoms with van der Waals surface area (Å²) in [6.45, 7) is 0.0567. The number of nitrogen functional groups attached to an aromatic ring is 1. The van der Waals surface area contributed by atoms with Crippen molar-refractivity contribution in [1.82, 2.24) is 19.5 Å². The third kappa shape index (κ3) is 3.08. The van der Waals surface area contributed by atoms with Gasteiger partial charge >= 0.3 is 0 Å². The maximum atomic E-state index is 10.2. The van der Waals surface area contributed by atoms with E-state index in [0.717, 1.165) is 5.56 Å². The maximum absolute atomic E-state index is 10.2. The summed E-state index contributed by atoms with van der Waals surface area (Å²) in [7, 11) is 0. The SMILES string of the molecule is Nc1ccccc1CNc1ncnc2c1ncn2[C@@H]1O[C@H](CO)[C@@H](O)[C@H]1O. The molecule has 0 bridgehead atoms. The minimum absolute atomic E-state index is 0.401. The number of nitrogens with two attached hydrogens (primary N) is 1. The van der Waals surface area contributed by atoms with Crippen LogP contribution in [0.1, 0.15) is 11.8 Å². The molecule has 0 amide bonds. The Balaban J connectivity index is 1.61. The standard InChI is InChI=1S/C17H20N6O4/c18-10-4-2-1-3-9(10)5-19-15-12-16(21-7-20-15)23(8-22-12)17-14(26)13(25)11(6-24)27-17/h1-4,7-8,11,13-14,17,24-26H,5-6,18H2,(H,19,20,21)/t11-,13-,14-,17-/m1/s1. The number of aliphatic hydroxyl groups excluding tert-OH is 3. The number of rotatable bonds is 5. The van der Waals surface area contributed by atoms with Crippen LogP contribution in [0.4, 0.5) is 11.5 Å². The fourth-order valence-electron chi connectivity index (χ4n) is 3.15. The molecule has 0 radical (unpaired) electrons. The first-order valence-corrected chi connectivity index (χ1v) is 8.47. The van der Waals surface area contributed by atoms with Crippen molar-refractivity contribution in [3.8, 4) is 0 Å². The van der Waals surface area contributed by atoms with Crippen molar-refractivity contribution in [3.63, 3.8) is 0 Å². The molecule has 4 atom stereocenters. The van der Waals surface area contributed by atoms with Crippen LogP contribution in [0.5, 0.6) is 0 Å². The van der Waals surface area contributed by atoms with E-state index in [4.69, 9.17) is 10.5 Å². The lowest BCUT2D eigenvalue weighted by Crippen LogP contribution is -2.33. The van der Waals surface area contributed by atoms with Crippen LogP contribution in [-0.4, -0.2) is 59.8 Å². The van der Waals surface area contributed by atoms with Gasteiger partial charge in [0, 0.05) is 12.2 Å². The van der Waals surface area contributed by atoms with Gasteiger partial charge in [-0.05, 0) is 11.6 Å². The van der Waals surface area contributed by atoms with Crippen LogP contribution in [0.3, 0.4) is 0 Å². The Hall–Kier alpha value is -2.79. The summed E-state index contributed by atoms with van der Waals surface area (Å²) in [6.07, 6.45) is -1.36. The number of fused-ring (bicyclic) bond motifs is 1. The molecule has 0 aliphatic carbocycles. The third-order valence-electron chi connectivity index (χ3n) is 4.65. The summed E-state index contributed by atoms with van der Waals surface area (Å²) < 4.78 is 7.06. The number of anilines is 2. The molecule has 27 heavy (non-hydrogen) atoms. The van der Waals surface area contributed by atoms with E-state index < -0.39 is 31.1 Å². The average Bonchev–Trinajstić information content (AvgIpc) is 3.23. The van der Waals surface area contributed by atoms with Crippen molar-refractivity contribution in [1.29, 1.82) is 0 Å². The fraction of sp³-hybridized carbons (Fsp3) is 0.353. The summed E-state index contributed by atoms with van der Waals surface area (Å²) in [6, 6.07) is 7.51. The minimum atomic E-state index is -1.21. The van der Waals surface area contributed by atoms with Crippen LogP contribution >= 0.6 is 0 Å². The lowest BCUT2D eigenvalue weighted by Gasteiger charge is -2.16. The molecule has 142 valence electrons. The molecule has 10 heteroatoms. The van der Waals surface area contributed by atoms with E-state index >= 15 is 0 Å². The highest BCUT2D eigenvalue weighted by Crippen LogP contribution is 2.32. The fourth-order valence-corrected chi connectivity index (χ4v) is 3.15. The average molecular weight is 372 g/mol. The molecule has 6 N–H and O–H groups in total. The first kappa shape index (κ1) is 17.6. The molecule has 10 nitrogen and oxygen atoms in total. The molecule has 4 rings (SSSR count). The molecule has 1 aromatic carbocycles. The molecule has 2 aromatic heterocycles. The van der Waals surface area contributed by atoms with Gasteiger partial charge in [0.15, 0.2) is 23.2 Å². The first-order valence-electron chi connectivity index (χ1n) is 8.47. The smallest absolute Gasteiger partial charge is 0.167 e. The number of imidazole rings is 1. The van der Waals surface area contributed by atoms with E-state index in [-0.39, 0.29) is 0 Å². The van der Waals surface area contributed by atoms with Gasteiger partial charge < -0.3 is 31.1 Å². The van der Waals surface area contributed by atoms with Crippen molar-refractivity contribution in [3.05, 3.63) is 42.5 Å². The van der Waals surface area contributed by atoms with Crippen LogP contribution in [0.15, 0.2) is 36.9 Å². The summed E-state index contributed by atoms with van der Waals surface area (Å²) in [5.74, 6) is 0.508. The predicted octanol–water partition coefficient (Wildman–Crippen LogP) is -0.368. The summed E-state index contributed by atoms with van der Waals surface area (Å²) in [5, 5.41) is 32.6. The first-order chi connectivity index (χ1) is 13.1. The van der Waals surface area contributed by atoms with Crippen LogP contribution in [0, 0.1) is 0 Å². The lowest BCUT2D eigenvalue weighted by atomic mass is 10.1. The van der Waals surface area contributed by atoms with Gasteiger partial charge in [0.05, 0.1) is 12.9 Å². The molecule has 0 unspecified atom stereocenters. The Kier molecular flexibility index (Phi) is 4.62. The Morgan fingerprint density at radius 3 is 2.70 bits per heavy atom. The second kappa shape index (κ2) is 7.08. The Morgan fingerprint density at radius 2 is 1.96 bits per heavy atom. The number of aromatic nitrogens is 4. The molecule has 3 aromatic rings. The Bertz CT molecular complexity index is 948. The number of ether oxygens (including phenoxy) is 1. The monoisotopic (exact) mass is 372 g/mol. The molecule has 3 heterocycles. The number of para-hydroxylation sites is 1. The van der Waals surface area contributed by atoms with Crippen LogP contribution in [0.2, 0.25) is 0 Å². The van der Waals surface area contributed by atoms with Crippen LogP contribution < -0.4 is 11.1 Å². The third-order valence-corrected chi connectivity index (χ3v) is 4.65. The Morgan fingerprint density at radius 1 is 1.15 bits per heavy atom. The second-order valence-corrected chi connectivity index (χ2v) is 6.33. The van der Waals surface area contributed by atoms with E-state index in [1.54, 1.807) is 0 Å². The van der Waals surface area contributed by atoms with E-state index in [9.17, 15) is 15.3 Å². The van der Waals surface area contributed by atoms with Crippen molar-refractivity contribution in [2.75, 3.05) is 17.7 Å². The summed E-state index contributed by atoms with van der Waals surface area (Å²) >= 11 is 0. The van der Waals surface area contributed by atoms with Crippen LogP contribution in [-0.2, 0) is 11.3 Å². The molecular formula is C17H20N6O4. The molecular weight excluding hydrogens is 352 g/mol. The van der Waals surface area contributed by atoms with Gasteiger partial charge in [-0.3, -0.25) is 4.57 Å². The van der Waals surface area contributed by atoms with Gasteiger partial charge in [-0.15, -0.1) is 0 Å².